The number of hydrogen-bond acceptors (Lipinski definition) is 4. The number of alkyl halides is 3. The van der Waals surface area contributed by atoms with Gasteiger partial charge in [0, 0.05) is 6.54 Å². The second-order valence-electron chi connectivity index (χ2n) is 6.36. The van der Waals surface area contributed by atoms with E-state index in [-0.39, 0.29) is 6.54 Å². The van der Waals surface area contributed by atoms with E-state index in [1.54, 1.807) is 23.5 Å². The summed E-state index contributed by atoms with van der Waals surface area (Å²) in [5.41, 5.74) is 0.966. The molecule has 1 atom stereocenters. The Hall–Kier alpha value is -3.17. The average Bonchev–Trinajstić information content (AvgIpc) is 3.26. The van der Waals surface area contributed by atoms with Crippen molar-refractivity contribution in [1.29, 1.82) is 0 Å². The number of para-hydroxylation sites is 1. The second-order valence-corrected chi connectivity index (χ2v) is 7.14. The highest BCUT2D eigenvalue weighted by molar-refractivity contribution is 7.08. The van der Waals surface area contributed by atoms with Gasteiger partial charge in [-0.25, -0.2) is 0 Å². The molecular weight excluding hydrogens is 417 g/mol. The van der Waals surface area contributed by atoms with E-state index in [1.165, 1.54) is 12.1 Å². The molecule has 2 amide bonds. The molecule has 3 rings (SSSR count). The van der Waals surface area contributed by atoms with Crippen molar-refractivity contribution in [3.05, 3.63) is 76.5 Å². The standard InChI is InChI=1S/C21H17F3N2O3S/c22-21(23,24)16-3-1-2-4-17(16)26-20(29)19(28)25-11-18(27)14-7-5-13(6-8-14)15-9-10-30-12-15/h1-10,12,18,27H,11H2,(H,25,28)(H,26,29). The Kier molecular flexibility index (Phi) is 6.53. The Morgan fingerprint density at radius 2 is 1.67 bits per heavy atom. The van der Waals surface area contributed by atoms with Crippen molar-refractivity contribution in [2.24, 2.45) is 0 Å². The number of rotatable bonds is 5. The van der Waals surface area contributed by atoms with Crippen LogP contribution in [0.5, 0.6) is 0 Å². The number of carbonyl (C=O) groups is 2. The summed E-state index contributed by atoms with van der Waals surface area (Å²) in [6.45, 7) is -0.273. The van der Waals surface area contributed by atoms with E-state index in [2.05, 4.69) is 5.32 Å². The molecule has 0 aliphatic heterocycles. The van der Waals surface area contributed by atoms with Crippen molar-refractivity contribution < 1.29 is 27.9 Å². The fraction of sp³-hybridized carbons (Fsp3) is 0.143. The van der Waals surface area contributed by atoms with Crippen LogP contribution in [0.3, 0.4) is 0 Å². The van der Waals surface area contributed by atoms with Gasteiger partial charge in [-0.05, 0) is 45.6 Å². The fourth-order valence-corrected chi connectivity index (χ4v) is 3.40. The zero-order valence-corrected chi connectivity index (χ0v) is 16.3. The molecule has 1 aromatic heterocycles. The van der Waals surface area contributed by atoms with Gasteiger partial charge in [-0.3, -0.25) is 9.59 Å². The van der Waals surface area contributed by atoms with Crippen LogP contribution in [0.2, 0.25) is 0 Å². The summed E-state index contributed by atoms with van der Waals surface area (Å²) in [4.78, 5) is 23.9. The molecule has 3 N–H and O–H groups in total. The molecule has 2 aromatic carbocycles. The average molecular weight is 434 g/mol. The zero-order valence-electron chi connectivity index (χ0n) is 15.4. The summed E-state index contributed by atoms with van der Waals surface area (Å²) in [5.74, 6) is -2.41. The van der Waals surface area contributed by atoms with Gasteiger partial charge in [0.15, 0.2) is 0 Å². The number of benzene rings is 2. The van der Waals surface area contributed by atoms with Gasteiger partial charge in [-0.2, -0.15) is 24.5 Å². The predicted molar refractivity (Wildman–Crippen MR) is 108 cm³/mol. The van der Waals surface area contributed by atoms with Gasteiger partial charge >= 0.3 is 18.0 Å². The summed E-state index contributed by atoms with van der Waals surface area (Å²) in [5, 5.41) is 18.3. The molecule has 0 aliphatic carbocycles. The fourth-order valence-electron chi connectivity index (χ4n) is 2.73. The molecule has 1 heterocycles. The van der Waals surface area contributed by atoms with Crippen LogP contribution in [-0.4, -0.2) is 23.5 Å². The van der Waals surface area contributed by atoms with Crippen molar-refractivity contribution in [3.63, 3.8) is 0 Å². The van der Waals surface area contributed by atoms with Crippen molar-refractivity contribution in [2.75, 3.05) is 11.9 Å². The molecular formula is C21H17F3N2O3S. The maximum atomic E-state index is 13.0. The molecule has 0 bridgehead atoms. The SMILES string of the molecule is O=C(NCC(O)c1ccc(-c2ccsc2)cc1)C(=O)Nc1ccccc1C(F)(F)F. The normalized spacial score (nSPS) is 12.3. The molecule has 3 aromatic rings. The van der Waals surface area contributed by atoms with Crippen LogP contribution in [0, 0.1) is 0 Å². The topological polar surface area (TPSA) is 78.4 Å². The number of aliphatic hydroxyl groups excluding tert-OH is 1. The first-order valence-corrected chi connectivity index (χ1v) is 9.76. The van der Waals surface area contributed by atoms with E-state index in [1.807, 2.05) is 34.3 Å². The van der Waals surface area contributed by atoms with Gasteiger partial charge in [0.25, 0.3) is 0 Å². The number of amides is 2. The minimum atomic E-state index is -4.67. The predicted octanol–water partition coefficient (Wildman–Crippen LogP) is 4.22. The third-order valence-corrected chi connectivity index (χ3v) is 4.98. The van der Waals surface area contributed by atoms with Crippen molar-refractivity contribution >= 4 is 28.8 Å². The molecule has 156 valence electrons. The van der Waals surface area contributed by atoms with Crippen LogP contribution >= 0.6 is 11.3 Å². The van der Waals surface area contributed by atoms with Crippen molar-refractivity contribution in [3.8, 4) is 11.1 Å². The van der Waals surface area contributed by atoms with Gasteiger partial charge in [-0.1, -0.05) is 36.4 Å². The maximum Gasteiger partial charge on any atom is 0.418 e. The summed E-state index contributed by atoms with van der Waals surface area (Å²) in [6.07, 6.45) is -5.76. The van der Waals surface area contributed by atoms with Gasteiger partial charge in [-0.15, -0.1) is 0 Å². The second kappa shape index (κ2) is 9.10. The third-order valence-electron chi connectivity index (χ3n) is 4.29. The number of anilines is 1. The van der Waals surface area contributed by atoms with E-state index in [9.17, 15) is 27.9 Å². The summed E-state index contributed by atoms with van der Waals surface area (Å²) < 4.78 is 38.9. The van der Waals surface area contributed by atoms with E-state index >= 15 is 0 Å². The first-order valence-electron chi connectivity index (χ1n) is 8.81. The van der Waals surface area contributed by atoms with Crippen molar-refractivity contribution in [2.45, 2.75) is 12.3 Å². The lowest BCUT2D eigenvalue weighted by Crippen LogP contribution is -2.38. The van der Waals surface area contributed by atoms with Gasteiger partial charge in [0.2, 0.25) is 0 Å². The number of thiophene rings is 1. The third kappa shape index (κ3) is 5.25. The largest absolute Gasteiger partial charge is 0.418 e. The molecule has 0 saturated carbocycles. The number of carbonyl (C=O) groups excluding carboxylic acids is 2. The molecule has 0 aliphatic rings. The monoisotopic (exact) mass is 434 g/mol. The minimum Gasteiger partial charge on any atom is -0.387 e. The Balaban J connectivity index is 1.57. The quantitative estimate of drug-likeness (QED) is 0.526. The lowest BCUT2D eigenvalue weighted by Gasteiger charge is -2.15. The summed E-state index contributed by atoms with van der Waals surface area (Å²) in [7, 11) is 0. The van der Waals surface area contributed by atoms with E-state index in [0.29, 0.717) is 5.56 Å². The first kappa shape index (κ1) is 21.5. The lowest BCUT2D eigenvalue weighted by molar-refractivity contribution is -0.138. The number of hydrogen-bond donors (Lipinski definition) is 3. The molecule has 1 unspecified atom stereocenters. The van der Waals surface area contributed by atoms with Crippen molar-refractivity contribution in [1.82, 2.24) is 5.32 Å². The van der Waals surface area contributed by atoms with Crippen LogP contribution in [0.4, 0.5) is 18.9 Å². The Bertz CT molecular complexity index is 1020. The Morgan fingerprint density at radius 1 is 0.967 bits per heavy atom. The highest BCUT2D eigenvalue weighted by Crippen LogP contribution is 2.34. The summed E-state index contributed by atoms with van der Waals surface area (Å²) >= 11 is 1.56. The van der Waals surface area contributed by atoms with Gasteiger partial charge in [0.05, 0.1) is 17.4 Å². The highest BCUT2D eigenvalue weighted by atomic mass is 32.1. The number of halogens is 3. The molecule has 0 fully saturated rings. The zero-order chi connectivity index (χ0) is 21.7. The van der Waals surface area contributed by atoms with Crippen LogP contribution in [0.15, 0.2) is 65.4 Å². The smallest absolute Gasteiger partial charge is 0.387 e. The lowest BCUT2D eigenvalue weighted by atomic mass is 10.0. The van der Waals surface area contributed by atoms with Gasteiger partial charge < -0.3 is 15.7 Å². The minimum absolute atomic E-state index is 0.273. The van der Waals surface area contributed by atoms with E-state index in [0.717, 1.165) is 23.3 Å². The van der Waals surface area contributed by atoms with E-state index < -0.39 is 35.3 Å². The van der Waals surface area contributed by atoms with Crippen LogP contribution in [0.1, 0.15) is 17.2 Å². The molecule has 30 heavy (non-hydrogen) atoms. The van der Waals surface area contributed by atoms with E-state index in [4.69, 9.17) is 0 Å². The van der Waals surface area contributed by atoms with Crippen LogP contribution in [-0.2, 0) is 15.8 Å². The first-order chi connectivity index (χ1) is 14.3. The highest BCUT2D eigenvalue weighted by Gasteiger charge is 2.34. The molecule has 0 saturated heterocycles. The molecule has 0 spiro atoms. The molecule has 9 heteroatoms. The molecule has 5 nitrogen and oxygen atoms in total. The summed E-state index contributed by atoms with van der Waals surface area (Å²) in [6, 6.07) is 13.4. The van der Waals surface area contributed by atoms with Crippen LogP contribution < -0.4 is 10.6 Å². The van der Waals surface area contributed by atoms with Gasteiger partial charge in [0.1, 0.15) is 0 Å². The maximum absolute atomic E-state index is 13.0. The van der Waals surface area contributed by atoms with Crippen LogP contribution in [0.25, 0.3) is 11.1 Å². The molecule has 0 radical (unpaired) electrons. The Morgan fingerprint density at radius 3 is 2.30 bits per heavy atom. The number of aliphatic hydroxyl groups is 1. The Labute approximate surface area is 174 Å². The number of nitrogens with one attached hydrogen (secondary N) is 2.